The van der Waals surface area contributed by atoms with E-state index in [9.17, 15) is 14.7 Å². The van der Waals surface area contributed by atoms with Gasteiger partial charge in [0.05, 0.1) is 0 Å². The number of rotatable bonds is 15. The van der Waals surface area contributed by atoms with Crippen LogP contribution in [0.15, 0.2) is 11.3 Å². The summed E-state index contributed by atoms with van der Waals surface area (Å²) in [7, 11) is 0. The van der Waals surface area contributed by atoms with Gasteiger partial charge in [-0.1, -0.05) is 64.7 Å². The molecule has 4 unspecified atom stereocenters. The molecule has 1 heterocycles. The Kier molecular flexibility index (Phi) is 7.99. The minimum absolute atomic E-state index is 0.122. The van der Waals surface area contributed by atoms with E-state index in [0.717, 1.165) is 42.9 Å². The third-order valence-corrected chi connectivity index (χ3v) is 7.01. The van der Waals surface area contributed by atoms with Crippen molar-refractivity contribution in [2.45, 2.75) is 96.8 Å². The molecular formula is C24H38O4. The highest BCUT2D eigenvalue weighted by atomic mass is 16.5. The van der Waals surface area contributed by atoms with Crippen LogP contribution in [0.25, 0.3) is 0 Å². The molecule has 3 aliphatic rings. The van der Waals surface area contributed by atoms with Crippen LogP contribution in [0.5, 0.6) is 0 Å². The minimum Gasteiger partial charge on any atom is -0.508 e. The first-order valence-corrected chi connectivity index (χ1v) is 11.7. The molecule has 4 heteroatoms. The summed E-state index contributed by atoms with van der Waals surface area (Å²) in [6, 6.07) is 0. The van der Waals surface area contributed by atoms with Gasteiger partial charge in [-0.2, -0.15) is 0 Å². The highest BCUT2D eigenvalue weighted by Crippen LogP contribution is 2.54. The molecule has 28 heavy (non-hydrogen) atoms. The third-order valence-electron chi connectivity index (χ3n) is 7.01. The normalized spacial score (nSPS) is 28.5. The number of aliphatic hydroxyl groups is 1. The van der Waals surface area contributed by atoms with Gasteiger partial charge in [0.25, 0.3) is 0 Å². The van der Waals surface area contributed by atoms with Crippen LogP contribution in [-0.4, -0.2) is 23.5 Å². The molecule has 4 nitrogen and oxygen atoms in total. The van der Waals surface area contributed by atoms with Crippen molar-refractivity contribution in [2.75, 3.05) is 6.61 Å². The van der Waals surface area contributed by atoms with Gasteiger partial charge in [-0.3, -0.25) is 4.79 Å². The molecule has 1 N–H and O–H groups in total. The summed E-state index contributed by atoms with van der Waals surface area (Å²) in [5.41, 5.74) is -0.122. The molecule has 158 valence electrons. The van der Waals surface area contributed by atoms with Crippen molar-refractivity contribution in [3.8, 4) is 0 Å². The van der Waals surface area contributed by atoms with Crippen LogP contribution in [-0.2, 0) is 14.3 Å². The summed E-state index contributed by atoms with van der Waals surface area (Å²) in [6.07, 6.45) is 17.4. The standard InChI is InChI=1S/C24H38O4/c1-2-3-7-10-17-13-19(17)15-20-14-18(20)11-8-5-4-6-9-12-21(25)23-22(26)16-28-24(23)27/h17-20,26H,2-16H2,1H3. The number of unbranched alkanes of at least 4 members (excludes halogenated alkanes) is 6. The van der Waals surface area contributed by atoms with Crippen LogP contribution in [0.1, 0.15) is 96.8 Å². The first-order chi connectivity index (χ1) is 13.6. The fraction of sp³-hybridized carbons (Fsp3) is 0.833. The van der Waals surface area contributed by atoms with Crippen LogP contribution in [0.4, 0.5) is 0 Å². The quantitative estimate of drug-likeness (QED) is 0.215. The predicted octanol–water partition coefficient (Wildman–Crippen LogP) is 5.90. The predicted molar refractivity (Wildman–Crippen MR) is 110 cm³/mol. The lowest BCUT2D eigenvalue weighted by Gasteiger charge is -2.03. The van der Waals surface area contributed by atoms with Gasteiger partial charge in [-0.25, -0.2) is 4.79 Å². The maximum Gasteiger partial charge on any atom is 0.345 e. The van der Waals surface area contributed by atoms with E-state index in [2.05, 4.69) is 11.7 Å². The fourth-order valence-corrected chi connectivity index (χ4v) is 4.97. The number of carbonyl (C=O) groups is 2. The van der Waals surface area contributed by atoms with Gasteiger partial charge in [0.1, 0.15) is 17.9 Å². The van der Waals surface area contributed by atoms with Gasteiger partial charge >= 0.3 is 5.97 Å². The molecule has 2 aliphatic carbocycles. The Morgan fingerprint density at radius 3 is 2.14 bits per heavy atom. The summed E-state index contributed by atoms with van der Waals surface area (Å²) in [5, 5.41) is 9.52. The molecule has 0 bridgehead atoms. The van der Waals surface area contributed by atoms with Gasteiger partial charge in [-0.15, -0.1) is 0 Å². The van der Waals surface area contributed by atoms with Crippen LogP contribution < -0.4 is 0 Å². The average Bonchev–Trinajstić information content (AvgIpc) is 3.56. The summed E-state index contributed by atoms with van der Waals surface area (Å²) in [6.45, 7) is 2.14. The minimum atomic E-state index is -0.667. The largest absolute Gasteiger partial charge is 0.508 e. The van der Waals surface area contributed by atoms with E-state index in [1.54, 1.807) is 0 Å². The summed E-state index contributed by atoms with van der Waals surface area (Å²) in [5.74, 6) is 3.03. The smallest absolute Gasteiger partial charge is 0.345 e. The van der Waals surface area contributed by atoms with E-state index in [1.807, 2.05) is 0 Å². The Balaban J connectivity index is 1.14. The number of hydrogen-bond donors (Lipinski definition) is 1. The number of ketones is 1. The summed E-state index contributed by atoms with van der Waals surface area (Å²) in [4.78, 5) is 23.3. The molecule has 0 aromatic carbocycles. The molecule has 3 rings (SSSR count). The lowest BCUT2D eigenvalue weighted by molar-refractivity contribution is -0.137. The zero-order valence-corrected chi connectivity index (χ0v) is 17.6. The lowest BCUT2D eigenvalue weighted by Crippen LogP contribution is -2.10. The molecule has 1 aliphatic heterocycles. The van der Waals surface area contributed by atoms with Crippen molar-refractivity contribution in [1.82, 2.24) is 0 Å². The van der Waals surface area contributed by atoms with Gasteiger partial charge in [-0.05, 0) is 49.4 Å². The van der Waals surface area contributed by atoms with E-state index in [0.29, 0.717) is 6.42 Å². The Bertz CT molecular complexity index is 579. The van der Waals surface area contributed by atoms with Crippen molar-refractivity contribution in [1.29, 1.82) is 0 Å². The van der Waals surface area contributed by atoms with Gasteiger partial charge in [0, 0.05) is 6.42 Å². The zero-order valence-electron chi connectivity index (χ0n) is 17.6. The fourth-order valence-electron chi connectivity index (χ4n) is 4.97. The van der Waals surface area contributed by atoms with Crippen molar-refractivity contribution >= 4 is 11.8 Å². The number of cyclic esters (lactones) is 1. The van der Waals surface area contributed by atoms with Gasteiger partial charge < -0.3 is 9.84 Å². The molecule has 0 saturated heterocycles. The second-order valence-corrected chi connectivity index (χ2v) is 9.37. The Morgan fingerprint density at radius 2 is 1.54 bits per heavy atom. The Labute approximate surface area is 170 Å². The lowest BCUT2D eigenvalue weighted by atomic mass is 10.0. The maximum absolute atomic E-state index is 12.0. The number of ether oxygens (including phenoxy) is 1. The van der Waals surface area contributed by atoms with Crippen molar-refractivity contribution in [3.05, 3.63) is 11.3 Å². The molecule has 0 aromatic rings. The van der Waals surface area contributed by atoms with Gasteiger partial charge in [0.15, 0.2) is 5.78 Å². The number of Topliss-reactive ketones (excluding diaryl/α,β-unsaturated/α-hetero) is 1. The highest BCUT2D eigenvalue weighted by Gasteiger charge is 2.44. The van der Waals surface area contributed by atoms with E-state index in [1.165, 1.54) is 64.2 Å². The number of hydrogen-bond acceptors (Lipinski definition) is 4. The Hall–Kier alpha value is -1.32. The molecule has 0 spiro atoms. The first-order valence-electron chi connectivity index (χ1n) is 11.7. The topological polar surface area (TPSA) is 63.6 Å². The van der Waals surface area contributed by atoms with Crippen molar-refractivity contribution < 1.29 is 19.4 Å². The summed E-state index contributed by atoms with van der Waals surface area (Å²) >= 11 is 0. The molecule has 0 amide bonds. The molecule has 0 radical (unpaired) electrons. The number of aliphatic hydroxyl groups excluding tert-OH is 1. The molecule has 4 atom stereocenters. The summed E-state index contributed by atoms with van der Waals surface area (Å²) < 4.78 is 4.67. The molecular weight excluding hydrogens is 352 g/mol. The van der Waals surface area contributed by atoms with E-state index >= 15 is 0 Å². The number of carbonyl (C=O) groups excluding carboxylic acids is 2. The van der Waals surface area contributed by atoms with Crippen LogP contribution in [0.2, 0.25) is 0 Å². The van der Waals surface area contributed by atoms with Crippen LogP contribution in [0, 0.1) is 23.7 Å². The first kappa shape index (κ1) is 21.4. The zero-order chi connectivity index (χ0) is 19.9. The second kappa shape index (κ2) is 10.5. The molecule has 2 fully saturated rings. The Morgan fingerprint density at radius 1 is 0.929 bits per heavy atom. The SMILES string of the molecule is CCCCCC1CC1CC1CC1CCCCCCCC(=O)C1=C(O)COC1=O. The second-order valence-electron chi connectivity index (χ2n) is 9.37. The number of esters is 1. The van der Waals surface area contributed by atoms with Gasteiger partial charge in [0.2, 0.25) is 0 Å². The molecule has 2 saturated carbocycles. The van der Waals surface area contributed by atoms with Crippen molar-refractivity contribution in [3.63, 3.8) is 0 Å². The van der Waals surface area contributed by atoms with E-state index < -0.39 is 5.97 Å². The highest BCUT2D eigenvalue weighted by molar-refractivity contribution is 6.18. The van der Waals surface area contributed by atoms with E-state index in [4.69, 9.17) is 0 Å². The monoisotopic (exact) mass is 390 g/mol. The average molecular weight is 391 g/mol. The van der Waals surface area contributed by atoms with Crippen molar-refractivity contribution in [2.24, 2.45) is 23.7 Å². The van der Waals surface area contributed by atoms with E-state index in [-0.39, 0.29) is 23.7 Å². The van der Waals surface area contributed by atoms with Crippen LogP contribution >= 0.6 is 0 Å². The van der Waals surface area contributed by atoms with Crippen LogP contribution in [0.3, 0.4) is 0 Å². The molecule has 0 aromatic heterocycles. The maximum atomic E-state index is 12.0. The third kappa shape index (κ3) is 6.35.